The first-order chi connectivity index (χ1) is 7.40. The second-order valence-corrected chi connectivity index (χ2v) is 4.76. The van der Waals surface area contributed by atoms with E-state index in [1.807, 2.05) is 20.8 Å². The molecule has 94 valence electrons. The monoisotopic (exact) mass is 229 g/mol. The van der Waals surface area contributed by atoms with Crippen molar-refractivity contribution < 1.29 is 14.3 Å². The molecule has 1 fully saturated rings. The molecule has 0 spiro atoms. The molecule has 0 atom stereocenters. The van der Waals surface area contributed by atoms with Gasteiger partial charge in [0.15, 0.2) is 0 Å². The van der Waals surface area contributed by atoms with Crippen LogP contribution in [0.2, 0.25) is 0 Å². The van der Waals surface area contributed by atoms with Gasteiger partial charge < -0.3 is 14.4 Å². The molecule has 4 nitrogen and oxygen atoms in total. The lowest BCUT2D eigenvalue weighted by atomic mass is 10.1. The van der Waals surface area contributed by atoms with Crippen LogP contribution in [0, 0.1) is 0 Å². The Hall–Kier alpha value is -1.06. The highest BCUT2D eigenvalue weighted by molar-refractivity contribution is 5.68. The van der Waals surface area contributed by atoms with Crippen LogP contribution in [0.4, 0.5) is 4.79 Å². The van der Waals surface area contributed by atoms with E-state index in [9.17, 15) is 4.79 Å². The fourth-order valence-electron chi connectivity index (χ4n) is 1.40. The van der Waals surface area contributed by atoms with Gasteiger partial charge >= 0.3 is 6.09 Å². The van der Waals surface area contributed by atoms with Gasteiger partial charge in [-0.05, 0) is 47.0 Å². The van der Waals surface area contributed by atoms with Crippen LogP contribution in [0.1, 0.15) is 47.0 Å². The van der Waals surface area contributed by atoms with Gasteiger partial charge in [-0.15, -0.1) is 0 Å². The van der Waals surface area contributed by atoms with Gasteiger partial charge in [0.05, 0.1) is 0 Å². The molecule has 1 amide bonds. The molecule has 1 rings (SSSR count). The number of piperidine rings is 1. The Kier molecular flexibility index (Phi) is 6.77. The van der Waals surface area contributed by atoms with Crippen molar-refractivity contribution in [1.82, 2.24) is 4.90 Å². The number of carbonyl (C=O) groups is 2. The number of carbonyl (C=O) groups excluding carboxylic acids is 2. The quantitative estimate of drug-likeness (QED) is 0.600. The van der Waals surface area contributed by atoms with E-state index >= 15 is 0 Å². The third-order valence-corrected chi connectivity index (χ3v) is 2.01. The molecular weight excluding hydrogens is 206 g/mol. The van der Waals surface area contributed by atoms with E-state index in [0.717, 1.165) is 32.2 Å². The number of rotatable bonds is 0. The molecule has 0 aliphatic carbocycles. The summed E-state index contributed by atoms with van der Waals surface area (Å²) < 4.78 is 5.26. The van der Waals surface area contributed by atoms with Crippen molar-refractivity contribution in [3.05, 3.63) is 0 Å². The molecule has 0 aromatic carbocycles. The maximum absolute atomic E-state index is 11.5. The molecule has 0 bridgehead atoms. The average Bonchev–Trinajstić information content (AvgIpc) is 2.18. The zero-order valence-electron chi connectivity index (χ0n) is 10.8. The first-order valence-corrected chi connectivity index (χ1v) is 5.78. The van der Waals surface area contributed by atoms with Crippen LogP contribution in [0.25, 0.3) is 0 Å². The standard InChI is InChI=1S/C10H19NO2.C2H4O/c1-10(2,3)13-9(12)11-7-5-4-6-8-11;1-2-3/h4-8H2,1-3H3;2H,1H3. The molecule has 0 aromatic rings. The highest BCUT2D eigenvalue weighted by atomic mass is 16.6. The maximum Gasteiger partial charge on any atom is 0.410 e. The second-order valence-electron chi connectivity index (χ2n) is 4.76. The summed E-state index contributed by atoms with van der Waals surface area (Å²) in [5, 5.41) is 0. The van der Waals surface area contributed by atoms with Gasteiger partial charge in [0.2, 0.25) is 0 Å². The Bertz CT molecular complexity index is 215. The molecule has 16 heavy (non-hydrogen) atoms. The molecule has 0 N–H and O–H groups in total. The minimum atomic E-state index is -0.367. The van der Waals surface area contributed by atoms with Crippen LogP contribution < -0.4 is 0 Å². The number of aldehydes is 1. The highest BCUT2D eigenvalue weighted by Crippen LogP contribution is 2.14. The Morgan fingerprint density at radius 3 is 2.00 bits per heavy atom. The molecular formula is C12H23NO3. The Morgan fingerprint density at radius 2 is 1.62 bits per heavy atom. The number of ether oxygens (including phenoxy) is 1. The number of hydrogen-bond acceptors (Lipinski definition) is 3. The third kappa shape index (κ3) is 7.26. The summed E-state index contributed by atoms with van der Waals surface area (Å²) >= 11 is 0. The lowest BCUT2D eigenvalue weighted by Crippen LogP contribution is -2.39. The summed E-state index contributed by atoms with van der Waals surface area (Å²) in [7, 11) is 0. The van der Waals surface area contributed by atoms with E-state index in [1.54, 1.807) is 4.90 Å². The summed E-state index contributed by atoms with van der Waals surface area (Å²) in [5.41, 5.74) is -0.367. The van der Waals surface area contributed by atoms with Gasteiger partial charge in [0.1, 0.15) is 11.9 Å². The van der Waals surface area contributed by atoms with Crippen LogP contribution in [0.5, 0.6) is 0 Å². The average molecular weight is 229 g/mol. The topological polar surface area (TPSA) is 46.6 Å². The van der Waals surface area contributed by atoms with Crippen LogP contribution >= 0.6 is 0 Å². The van der Waals surface area contributed by atoms with Crippen LogP contribution in [-0.2, 0) is 9.53 Å². The normalized spacial score (nSPS) is 15.9. The van der Waals surface area contributed by atoms with E-state index in [2.05, 4.69) is 0 Å². The molecule has 0 aromatic heterocycles. The van der Waals surface area contributed by atoms with E-state index in [1.165, 1.54) is 13.3 Å². The first-order valence-electron chi connectivity index (χ1n) is 5.78. The van der Waals surface area contributed by atoms with E-state index in [0.29, 0.717) is 0 Å². The summed E-state index contributed by atoms with van der Waals surface area (Å²) in [6, 6.07) is 0. The van der Waals surface area contributed by atoms with Crippen LogP contribution in [0.3, 0.4) is 0 Å². The predicted octanol–water partition coefficient (Wildman–Crippen LogP) is 2.61. The zero-order valence-corrected chi connectivity index (χ0v) is 10.8. The number of hydrogen-bond donors (Lipinski definition) is 0. The number of nitrogens with zero attached hydrogens (tertiary/aromatic N) is 1. The van der Waals surface area contributed by atoms with Crippen molar-refractivity contribution in [2.45, 2.75) is 52.6 Å². The number of amides is 1. The summed E-state index contributed by atoms with van der Waals surface area (Å²) in [4.78, 5) is 22.1. The fourth-order valence-corrected chi connectivity index (χ4v) is 1.40. The molecule has 0 unspecified atom stereocenters. The molecule has 0 saturated carbocycles. The summed E-state index contributed by atoms with van der Waals surface area (Å²) in [6.45, 7) is 8.85. The number of likely N-dealkylation sites (tertiary alicyclic amines) is 1. The van der Waals surface area contributed by atoms with Gasteiger partial charge in [-0.25, -0.2) is 4.79 Å². The van der Waals surface area contributed by atoms with E-state index in [-0.39, 0.29) is 11.7 Å². The molecule has 1 aliphatic heterocycles. The first kappa shape index (κ1) is 14.9. The van der Waals surface area contributed by atoms with Gasteiger partial charge in [-0.3, -0.25) is 0 Å². The van der Waals surface area contributed by atoms with Crippen LogP contribution in [-0.4, -0.2) is 36.0 Å². The van der Waals surface area contributed by atoms with Crippen molar-refractivity contribution in [1.29, 1.82) is 0 Å². The van der Waals surface area contributed by atoms with Crippen LogP contribution in [0.15, 0.2) is 0 Å². The van der Waals surface area contributed by atoms with Crippen molar-refractivity contribution in [3.63, 3.8) is 0 Å². The fraction of sp³-hybridized carbons (Fsp3) is 0.833. The lowest BCUT2D eigenvalue weighted by Gasteiger charge is -2.29. The molecule has 4 heteroatoms. The second kappa shape index (κ2) is 7.25. The largest absolute Gasteiger partial charge is 0.444 e. The summed E-state index contributed by atoms with van der Waals surface area (Å²) in [6.07, 6.45) is 4.05. The Morgan fingerprint density at radius 1 is 1.19 bits per heavy atom. The molecule has 1 heterocycles. The van der Waals surface area contributed by atoms with Gasteiger partial charge in [0, 0.05) is 13.1 Å². The van der Waals surface area contributed by atoms with E-state index in [4.69, 9.17) is 9.53 Å². The molecule has 0 radical (unpaired) electrons. The molecule has 1 aliphatic rings. The Balaban J connectivity index is 0.000000673. The van der Waals surface area contributed by atoms with Crippen molar-refractivity contribution in [2.75, 3.05) is 13.1 Å². The zero-order chi connectivity index (χ0) is 12.6. The molecule has 1 saturated heterocycles. The minimum Gasteiger partial charge on any atom is -0.444 e. The third-order valence-electron chi connectivity index (χ3n) is 2.01. The van der Waals surface area contributed by atoms with E-state index < -0.39 is 0 Å². The van der Waals surface area contributed by atoms with Gasteiger partial charge in [0.25, 0.3) is 0 Å². The van der Waals surface area contributed by atoms with Crippen molar-refractivity contribution in [2.24, 2.45) is 0 Å². The lowest BCUT2D eigenvalue weighted by molar-refractivity contribution is -0.106. The van der Waals surface area contributed by atoms with Gasteiger partial charge in [-0.1, -0.05) is 0 Å². The minimum absolute atomic E-state index is 0.160. The Labute approximate surface area is 98.0 Å². The smallest absolute Gasteiger partial charge is 0.410 e. The van der Waals surface area contributed by atoms with Crippen molar-refractivity contribution >= 4 is 12.4 Å². The maximum atomic E-state index is 11.5. The highest BCUT2D eigenvalue weighted by Gasteiger charge is 2.22. The SMILES string of the molecule is CC(C)(C)OC(=O)N1CCCCC1.CC=O. The van der Waals surface area contributed by atoms with Crippen molar-refractivity contribution in [3.8, 4) is 0 Å². The van der Waals surface area contributed by atoms with Gasteiger partial charge in [-0.2, -0.15) is 0 Å². The predicted molar refractivity (Wildman–Crippen MR) is 63.4 cm³/mol. The summed E-state index contributed by atoms with van der Waals surface area (Å²) in [5.74, 6) is 0.